The highest BCUT2D eigenvalue weighted by Crippen LogP contribution is 2.22. The Kier molecular flexibility index (Phi) is 26.8. The predicted molar refractivity (Wildman–Crippen MR) is 183 cm³/mol. The number of aliphatic hydroxyl groups is 4. The van der Waals surface area contributed by atoms with Gasteiger partial charge < -0.3 is 39.4 Å². The first-order valence-corrected chi connectivity index (χ1v) is 18.4. The van der Waals surface area contributed by atoms with Gasteiger partial charge in [0.15, 0.2) is 12.4 Å². The summed E-state index contributed by atoms with van der Waals surface area (Å²) in [6.07, 6.45) is 20.7. The number of hydrogen-bond donors (Lipinski definition) is 4. The van der Waals surface area contributed by atoms with Crippen LogP contribution in [0.15, 0.2) is 24.3 Å². The maximum absolute atomic E-state index is 12.6. The van der Waals surface area contributed by atoms with E-state index in [4.69, 9.17) is 18.9 Å². The normalized spacial score (nSPS) is 22.2. The van der Waals surface area contributed by atoms with Crippen LogP contribution in [0, 0.1) is 0 Å². The van der Waals surface area contributed by atoms with Gasteiger partial charge in [0.2, 0.25) is 0 Å². The third kappa shape index (κ3) is 21.7. The van der Waals surface area contributed by atoms with E-state index in [0.717, 1.165) is 57.8 Å². The van der Waals surface area contributed by atoms with Crippen LogP contribution < -0.4 is 0 Å². The molecule has 6 atom stereocenters. The molecule has 0 aromatic heterocycles. The van der Waals surface area contributed by atoms with Gasteiger partial charge >= 0.3 is 11.9 Å². The first-order chi connectivity index (χ1) is 22.8. The monoisotopic (exact) mass is 670 g/mol. The summed E-state index contributed by atoms with van der Waals surface area (Å²) in [7, 11) is 0. The van der Waals surface area contributed by atoms with Crippen LogP contribution in [0.3, 0.4) is 0 Å². The average molecular weight is 671 g/mol. The first-order valence-electron chi connectivity index (χ1n) is 18.4. The zero-order chi connectivity index (χ0) is 34.5. The molecule has 47 heavy (non-hydrogen) atoms. The lowest BCUT2D eigenvalue weighted by molar-refractivity contribution is -0.305. The molecule has 1 rings (SSSR count). The molecule has 1 heterocycles. The molecule has 0 spiro atoms. The molecule has 10 heteroatoms. The van der Waals surface area contributed by atoms with E-state index in [1.807, 2.05) is 0 Å². The maximum Gasteiger partial charge on any atom is 0.306 e. The minimum atomic E-state index is -1.59. The second-order valence-corrected chi connectivity index (χ2v) is 12.7. The lowest BCUT2D eigenvalue weighted by atomic mass is 9.99. The van der Waals surface area contributed by atoms with Crippen molar-refractivity contribution in [1.29, 1.82) is 0 Å². The van der Waals surface area contributed by atoms with Crippen molar-refractivity contribution in [2.45, 2.75) is 179 Å². The fraction of sp³-hybridized carbons (Fsp3) is 0.838. The van der Waals surface area contributed by atoms with Crippen LogP contribution in [-0.4, -0.2) is 89.0 Å². The van der Waals surface area contributed by atoms with E-state index < -0.39 is 55.4 Å². The zero-order valence-corrected chi connectivity index (χ0v) is 29.3. The molecule has 0 aliphatic carbocycles. The highest BCUT2D eigenvalue weighted by atomic mass is 16.7. The van der Waals surface area contributed by atoms with Crippen LogP contribution in [0.5, 0.6) is 0 Å². The first kappa shape index (κ1) is 43.2. The van der Waals surface area contributed by atoms with Crippen LogP contribution in [0.4, 0.5) is 0 Å². The molecule has 0 aromatic carbocycles. The zero-order valence-electron chi connectivity index (χ0n) is 29.3. The number of carbonyl (C=O) groups excluding carboxylic acids is 2. The summed E-state index contributed by atoms with van der Waals surface area (Å²) in [4.78, 5) is 25.0. The second-order valence-electron chi connectivity index (χ2n) is 12.7. The Hall–Kier alpha value is -1.82. The number of esters is 2. The Labute approximate surface area is 283 Å². The number of carbonyl (C=O) groups is 2. The molecule has 1 saturated heterocycles. The molecule has 2 unspecified atom stereocenters. The lowest BCUT2D eigenvalue weighted by Crippen LogP contribution is -2.59. The van der Waals surface area contributed by atoms with Crippen LogP contribution in [-0.2, 0) is 28.5 Å². The summed E-state index contributed by atoms with van der Waals surface area (Å²) < 4.78 is 21.9. The van der Waals surface area contributed by atoms with E-state index in [1.165, 1.54) is 44.9 Å². The lowest BCUT2D eigenvalue weighted by Gasteiger charge is -2.39. The summed E-state index contributed by atoms with van der Waals surface area (Å²) in [5, 5.41) is 39.8. The predicted octanol–water partition coefficient (Wildman–Crippen LogP) is 6.21. The fourth-order valence-electron chi connectivity index (χ4n) is 5.33. The summed E-state index contributed by atoms with van der Waals surface area (Å²) in [6.45, 7) is 3.30. The molecule has 0 saturated carbocycles. The van der Waals surface area contributed by atoms with Crippen LogP contribution in [0.2, 0.25) is 0 Å². The van der Waals surface area contributed by atoms with E-state index in [2.05, 4.69) is 38.2 Å². The summed E-state index contributed by atoms with van der Waals surface area (Å²) >= 11 is 0. The number of rotatable bonds is 29. The van der Waals surface area contributed by atoms with Crippen molar-refractivity contribution < 1.29 is 49.0 Å². The maximum atomic E-state index is 12.6. The average Bonchev–Trinajstić information content (AvgIpc) is 3.06. The van der Waals surface area contributed by atoms with E-state index >= 15 is 0 Å². The van der Waals surface area contributed by atoms with Crippen molar-refractivity contribution in [3.63, 3.8) is 0 Å². The SMILES string of the molecule is CCCCC/C=C/C/C=C/CCCCCCCC(=O)OC[C@@H](CO[C@H]1O[C@@H](CO)[C@@H](O)C(O)C1O)OC(=O)CCCCCCCCC. The van der Waals surface area contributed by atoms with Gasteiger partial charge in [-0.15, -0.1) is 0 Å². The van der Waals surface area contributed by atoms with Gasteiger partial charge in [0.1, 0.15) is 31.0 Å². The number of ether oxygens (including phenoxy) is 4. The molecule has 274 valence electrons. The molecule has 1 aliphatic heterocycles. The summed E-state index contributed by atoms with van der Waals surface area (Å²) in [5.41, 5.74) is 0. The Balaban J connectivity index is 2.38. The second kappa shape index (κ2) is 29.1. The Morgan fingerprint density at radius 2 is 1.19 bits per heavy atom. The number of unbranched alkanes of at least 4 members (excludes halogenated alkanes) is 14. The molecular weight excluding hydrogens is 604 g/mol. The van der Waals surface area contributed by atoms with Gasteiger partial charge in [-0.25, -0.2) is 0 Å². The van der Waals surface area contributed by atoms with Gasteiger partial charge in [0.25, 0.3) is 0 Å². The Morgan fingerprint density at radius 3 is 1.81 bits per heavy atom. The highest BCUT2D eigenvalue weighted by molar-refractivity contribution is 5.70. The number of hydrogen-bond acceptors (Lipinski definition) is 10. The van der Waals surface area contributed by atoms with Crippen molar-refractivity contribution in [2.75, 3.05) is 19.8 Å². The van der Waals surface area contributed by atoms with Crippen molar-refractivity contribution in [3.05, 3.63) is 24.3 Å². The van der Waals surface area contributed by atoms with E-state index in [9.17, 15) is 30.0 Å². The van der Waals surface area contributed by atoms with Gasteiger partial charge in [-0.2, -0.15) is 0 Å². The molecule has 1 fully saturated rings. The van der Waals surface area contributed by atoms with Crippen molar-refractivity contribution in [1.82, 2.24) is 0 Å². The fourth-order valence-corrected chi connectivity index (χ4v) is 5.33. The Morgan fingerprint density at radius 1 is 0.660 bits per heavy atom. The van der Waals surface area contributed by atoms with Gasteiger partial charge in [-0.1, -0.05) is 109 Å². The quantitative estimate of drug-likeness (QED) is 0.0411. The van der Waals surface area contributed by atoms with Crippen molar-refractivity contribution in [2.24, 2.45) is 0 Å². The smallest absolute Gasteiger partial charge is 0.306 e. The summed E-state index contributed by atoms with van der Waals surface area (Å²) in [6, 6.07) is 0. The molecule has 0 radical (unpaired) electrons. The van der Waals surface area contributed by atoms with E-state index in [0.29, 0.717) is 12.8 Å². The number of allylic oxidation sites excluding steroid dienone is 4. The number of aliphatic hydroxyl groups excluding tert-OH is 4. The van der Waals surface area contributed by atoms with Crippen LogP contribution >= 0.6 is 0 Å². The minimum Gasteiger partial charge on any atom is -0.462 e. The largest absolute Gasteiger partial charge is 0.462 e. The molecule has 0 aromatic rings. The summed E-state index contributed by atoms with van der Waals surface area (Å²) in [5.74, 6) is -0.831. The standard InChI is InChI=1S/C37H66O10/c1-3-5-7-9-11-12-13-14-15-16-17-18-20-21-23-25-32(39)44-28-30(46-33(40)26-24-22-19-10-8-6-4-2)29-45-37-36(43)35(42)34(41)31(27-38)47-37/h11-12,14-15,30-31,34-38,41-43H,3-10,13,16-29H2,1-2H3/b12-11+,15-14+/t30-,31-,34+,35?,36?,37-/m0/s1. The molecule has 0 amide bonds. The van der Waals surface area contributed by atoms with Gasteiger partial charge in [0.05, 0.1) is 13.2 Å². The topological polar surface area (TPSA) is 152 Å². The third-order valence-electron chi connectivity index (χ3n) is 8.34. The van der Waals surface area contributed by atoms with Gasteiger partial charge in [-0.3, -0.25) is 9.59 Å². The van der Waals surface area contributed by atoms with E-state index in [1.54, 1.807) is 0 Å². The molecule has 1 aliphatic rings. The molecule has 0 bridgehead atoms. The molecule has 10 nitrogen and oxygen atoms in total. The van der Waals surface area contributed by atoms with Gasteiger partial charge in [0, 0.05) is 12.8 Å². The molecule has 4 N–H and O–H groups in total. The third-order valence-corrected chi connectivity index (χ3v) is 8.34. The van der Waals surface area contributed by atoms with Crippen LogP contribution in [0.25, 0.3) is 0 Å². The highest BCUT2D eigenvalue weighted by Gasteiger charge is 2.44. The van der Waals surface area contributed by atoms with Crippen molar-refractivity contribution >= 4 is 11.9 Å². The van der Waals surface area contributed by atoms with Crippen molar-refractivity contribution in [3.8, 4) is 0 Å². The van der Waals surface area contributed by atoms with E-state index in [-0.39, 0.29) is 26.1 Å². The van der Waals surface area contributed by atoms with Gasteiger partial charge in [-0.05, 0) is 44.9 Å². The van der Waals surface area contributed by atoms with Crippen LogP contribution in [0.1, 0.15) is 142 Å². The Bertz CT molecular complexity index is 830. The minimum absolute atomic E-state index is 0.223. The molecular formula is C37H66O10.